The second-order valence-corrected chi connectivity index (χ2v) is 8.40. The van der Waals surface area contributed by atoms with Crippen LogP contribution in [0.15, 0.2) is 59.6 Å². The Morgan fingerprint density at radius 2 is 1.77 bits per heavy atom. The topological polar surface area (TPSA) is 71.7 Å². The molecule has 1 aliphatic carbocycles. The van der Waals surface area contributed by atoms with E-state index < -0.39 is 5.79 Å². The van der Waals surface area contributed by atoms with Gasteiger partial charge in [0, 0.05) is 17.3 Å². The molecule has 1 heterocycles. The first-order chi connectivity index (χ1) is 14.6. The van der Waals surface area contributed by atoms with Gasteiger partial charge in [-0.2, -0.15) is 0 Å². The Kier molecular flexibility index (Phi) is 6.30. The first kappa shape index (κ1) is 20.8. The lowest BCUT2D eigenvalue weighted by Gasteiger charge is -2.38. The van der Waals surface area contributed by atoms with E-state index in [4.69, 9.17) is 27.1 Å². The van der Waals surface area contributed by atoms with Gasteiger partial charge in [0.2, 0.25) is 0 Å². The monoisotopic (exact) mass is 424 g/mol. The van der Waals surface area contributed by atoms with Gasteiger partial charge >= 0.3 is 0 Å². The van der Waals surface area contributed by atoms with E-state index in [1.807, 2.05) is 36.4 Å². The van der Waals surface area contributed by atoms with Crippen molar-refractivity contribution in [2.45, 2.75) is 50.4 Å². The first-order valence-electron chi connectivity index (χ1n) is 10.6. The number of hydrogen-bond donors (Lipinski definition) is 3. The zero-order valence-electron chi connectivity index (χ0n) is 17.3. The molecule has 2 aromatic carbocycles. The highest BCUT2D eigenvalue weighted by molar-refractivity contribution is 6.32. The van der Waals surface area contributed by atoms with Gasteiger partial charge in [-0.25, -0.2) is 0 Å². The number of halogens is 1. The molecule has 4 N–H and O–H groups in total. The number of amidine groups is 1. The molecule has 0 radical (unpaired) electrons. The Labute approximate surface area is 183 Å². The zero-order valence-corrected chi connectivity index (χ0v) is 18.1. The van der Waals surface area contributed by atoms with E-state index in [2.05, 4.69) is 28.8 Å². The van der Waals surface area contributed by atoms with Crippen molar-refractivity contribution >= 4 is 23.1 Å². The van der Waals surface area contributed by atoms with Crippen LogP contribution < -0.4 is 21.1 Å². The molecular formula is C24H29ClN4O. The third-order valence-electron chi connectivity index (χ3n) is 5.78. The molecule has 0 spiro atoms. The second kappa shape index (κ2) is 9.11. The molecule has 1 fully saturated rings. The SMILES string of the molecule is COc1ccc(C2(N)NC(c3ccccc3)=CC(=NC3CCCCCC3)N2)cc1Cl. The Bertz CT molecular complexity index is 935. The van der Waals surface area contributed by atoms with Gasteiger partial charge in [-0.3, -0.25) is 10.7 Å². The van der Waals surface area contributed by atoms with E-state index in [1.54, 1.807) is 7.11 Å². The highest BCUT2D eigenvalue weighted by atomic mass is 35.5. The summed E-state index contributed by atoms with van der Waals surface area (Å²) in [6, 6.07) is 16.1. The van der Waals surface area contributed by atoms with Crippen LogP contribution >= 0.6 is 11.6 Å². The lowest BCUT2D eigenvalue weighted by molar-refractivity contribution is 0.360. The summed E-state index contributed by atoms with van der Waals surface area (Å²) in [5, 5.41) is 7.39. The van der Waals surface area contributed by atoms with Crippen molar-refractivity contribution in [2.75, 3.05) is 7.11 Å². The molecule has 2 aliphatic rings. The van der Waals surface area contributed by atoms with Crippen LogP contribution in [0.5, 0.6) is 5.75 Å². The third-order valence-corrected chi connectivity index (χ3v) is 6.07. The van der Waals surface area contributed by atoms with Gasteiger partial charge in [0.25, 0.3) is 0 Å². The number of methoxy groups -OCH3 is 1. The molecule has 158 valence electrons. The van der Waals surface area contributed by atoms with E-state index in [-0.39, 0.29) is 0 Å². The highest BCUT2D eigenvalue weighted by Gasteiger charge is 2.33. The Balaban J connectivity index is 1.72. The first-order valence-corrected chi connectivity index (χ1v) is 11.0. The Morgan fingerprint density at radius 1 is 1.03 bits per heavy atom. The molecular weight excluding hydrogens is 396 g/mol. The second-order valence-electron chi connectivity index (χ2n) is 7.99. The molecule has 1 aliphatic heterocycles. The molecule has 0 amide bonds. The van der Waals surface area contributed by atoms with Crippen LogP contribution in [0.25, 0.3) is 5.70 Å². The summed E-state index contributed by atoms with van der Waals surface area (Å²) in [7, 11) is 1.60. The van der Waals surface area contributed by atoms with Gasteiger partial charge in [0.15, 0.2) is 5.79 Å². The molecule has 0 bridgehead atoms. The number of aliphatic imine (C=N–C) groups is 1. The number of nitrogens with one attached hydrogen (secondary N) is 2. The Morgan fingerprint density at radius 3 is 2.43 bits per heavy atom. The Hall–Kier alpha value is -2.50. The van der Waals surface area contributed by atoms with Crippen LogP contribution in [0, 0.1) is 0 Å². The minimum absolute atomic E-state index is 0.324. The fraction of sp³-hybridized carbons (Fsp3) is 0.375. The van der Waals surface area contributed by atoms with Crippen LogP contribution in [0.1, 0.15) is 49.7 Å². The van der Waals surface area contributed by atoms with Crippen molar-refractivity contribution < 1.29 is 4.74 Å². The number of ether oxygens (including phenoxy) is 1. The highest BCUT2D eigenvalue weighted by Crippen LogP contribution is 2.30. The maximum absolute atomic E-state index is 6.85. The van der Waals surface area contributed by atoms with Crippen molar-refractivity contribution in [1.82, 2.24) is 10.6 Å². The van der Waals surface area contributed by atoms with Crippen LogP contribution in [-0.4, -0.2) is 19.0 Å². The summed E-state index contributed by atoms with van der Waals surface area (Å²) in [5.74, 6) is 0.374. The van der Waals surface area contributed by atoms with Gasteiger partial charge in [-0.15, -0.1) is 0 Å². The van der Waals surface area contributed by atoms with Crippen molar-refractivity contribution in [3.8, 4) is 5.75 Å². The lowest BCUT2D eigenvalue weighted by atomic mass is 10.0. The van der Waals surface area contributed by atoms with Gasteiger partial charge < -0.3 is 15.4 Å². The van der Waals surface area contributed by atoms with Crippen LogP contribution in [0.4, 0.5) is 0 Å². The molecule has 0 saturated heterocycles. The minimum Gasteiger partial charge on any atom is -0.495 e. The zero-order chi connectivity index (χ0) is 21.0. The van der Waals surface area contributed by atoms with Crippen molar-refractivity contribution in [3.05, 3.63) is 70.8 Å². The number of rotatable bonds is 4. The minimum atomic E-state index is -1.04. The quantitative estimate of drug-likeness (QED) is 0.618. The predicted molar refractivity (Wildman–Crippen MR) is 123 cm³/mol. The van der Waals surface area contributed by atoms with E-state index in [9.17, 15) is 0 Å². The van der Waals surface area contributed by atoms with Crippen LogP contribution in [0.2, 0.25) is 5.02 Å². The molecule has 0 aromatic heterocycles. The number of nitrogens with zero attached hydrogens (tertiary/aromatic N) is 1. The maximum atomic E-state index is 6.85. The van der Waals surface area contributed by atoms with Gasteiger partial charge in [0.1, 0.15) is 11.6 Å². The molecule has 6 heteroatoms. The summed E-state index contributed by atoms with van der Waals surface area (Å²) < 4.78 is 5.30. The van der Waals surface area contributed by atoms with E-state index in [0.717, 1.165) is 35.5 Å². The molecule has 5 nitrogen and oxygen atoms in total. The molecule has 1 unspecified atom stereocenters. The van der Waals surface area contributed by atoms with Gasteiger partial charge in [-0.05, 0) is 36.6 Å². The van der Waals surface area contributed by atoms with E-state index in [1.165, 1.54) is 25.7 Å². The van der Waals surface area contributed by atoms with Crippen molar-refractivity contribution in [2.24, 2.45) is 10.7 Å². The fourth-order valence-electron chi connectivity index (χ4n) is 4.14. The average Bonchev–Trinajstić information content (AvgIpc) is 3.02. The average molecular weight is 425 g/mol. The third kappa shape index (κ3) is 4.63. The lowest BCUT2D eigenvalue weighted by Crippen LogP contribution is -2.64. The molecule has 1 saturated carbocycles. The molecule has 30 heavy (non-hydrogen) atoms. The number of benzene rings is 2. The fourth-order valence-corrected chi connectivity index (χ4v) is 4.39. The summed E-state index contributed by atoms with van der Waals surface area (Å²) in [6.45, 7) is 0. The predicted octanol–water partition coefficient (Wildman–Crippen LogP) is 4.77. The maximum Gasteiger partial charge on any atom is 0.190 e. The van der Waals surface area contributed by atoms with Crippen LogP contribution in [0.3, 0.4) is 0 Å². The van der Waals surface area contributed by atoms with Gasteiger partial charge in [0.05, 0.1) is 18.2 Å². The van der Waals surface area contributed by atoms with E-state index in [0.29, 0.717) is 16.8 Å². The normalized spacial score (nSPS) is 23.8. The standard InChI is InChI=1S/C24H29ClN4O/c1-30-22-14-13-18(15-20(22)25)24(26)28-21(17-9-5-4-6-10-17)16-23(29-24)27-19-11-7-2-3-8-12-19/h4-6,9-10,13-16,19,28H,2-3,7-8,11-12,26H2,1H3,(H,27,29). The summed E-state index contributed by atoms with van der Waals surface area (Å²) >= 11 is 6.39. The summed E-state index contributed by atoms with van der Waals surface area (Å²) in [4.78, 5) is 5.06. The molecule has 1 atom stereocenters. The summed E-state index contributed by atoms with van der Waals surface area (Å²) in [6.07, 6.45) is 9.36. The number of hydrogen-bond acceptors (Lipinski definition) is 4. The number of nitrogens with two attached hydrogens (primary N) is 1. The van der Waals surface area contributed by atoms with Crippen LogP contribution in [-0.2, 0) is 5.79 Å². The van der Waals surface area contributed by atoms with Gasteiger partial charge in [-0.1, -0.05) is 67.6 Å². The summed E-state index contributed by atoms with van der Waals surface area (Å²) in [5.41, 5.74) is 9.64. The molecule has 4 rings (SSSR count). The van der Waals surface area contributed by atoms with Crippen molar-refractivity contribution in [3.63, 3.8) is 0 Å². The van der Waals surface area contributed by atoms with Crippen molar-refractivity contribution in [1.29, 1.82) is 0 Å². The largest absolute Gasteiger partial charge is 0.495 e. The smallest absolute Gasteiger partial charge is 0.190 e. The molecule has 2 aromatic rings. The van der Waals surface area contributed by atoms with E-state index >= 15 is 0 Å².